The second kappa shape index (κ2) is 10.3. The maximum absolute atomic E-state index is 13.2. The number of nitrogens with zero attached hydrogens (tertiary/aromatic N) is 3. The number of ether oxygens (including phenoxy) is 3. The monoisotopic (exact) mass is 485 g/mol. The van der Waals surface area contributed by atoms with Gasteiger partial charge in [-0.1, -0.05) is 24.3 Å². The van der Waals surface area contributed by atoms with Crippen molar-refractivity contribution < 1.29 is 19.0 Å². The van der Waals surface area contributed by atoms with Crippen molar-refractivity contribution in [1.82, 2.24) is 14.5 Å². The minimum absolute atomic E-state index is 0.0170. The average Bonchev–Trinajstić information content (AvgIpc) is 3.30. The summed E-state index contributed by atoms with van der Waals surface area (Å²) < 4.78 is 18.4. The number of carbonyl (C=O) groups excluding carboxylic acids is 1. The van der Waals surface area contributed by atoms with Crippen LogP contribution in [0, 0.1) is 0 Å². The van der Waals surface area contributed by atoms with Crippen LogP contribution in [-0.2, 0) is 6.42 Å². The van der Waals surface area contributed by atoms with E-state index in [0.717, 1.165) is 41.9 Å². The minimum Gasteiger partial charge on any atom is -0.497 e. The van der Waals surface area contributed by atoms with Crippen molar-refractivity contribution in [2.24, 2.45) is 0 Å². The number of para-hydroxylation sites is 2. The molecule has 0 saturated carbocycles. The lowest BCUT2D eigenvalue weighted by Gasteiger charge is -2.34. The maximum Gasteiger partial charge on any atom is 0.253 e. The normalized spacial score (nSPS) is 14.1. The van der Waals surface area contributed by atoms with Crippen molar-refractivity contribution in [3.05, 3.63) is 83.7 Å². The van der Waals surface area contributed by atoms with Gasteiger partial charge in [-0.2, -0.15) is 0 Å². The van der Waals surface area contributed by atoms with Crippen molar-refractivity contribution >= 4 is 16.9 Å². The summed E-state index contributed by atoms with van der Waals surface area (Å²) in [6.45, 7) is 1.37. The Hall–Kier alpha value is -4.00. The molecule has 5 rings (SSSR count). The minimum atomic E-state index is 0.0170. The van der Waals surface area contributed by atoms with Gasteiger partial charge in [0.1, 0.15) is 11.6 Å². The standard InChI is InChI=1S/C29H31N3O4/c1-34-23-11-8-20(9-12-23)18-28-30-24-6-4-5-7-25(24)32(28)22-14-16-31(17-15-22)29(33)21-10-13-26(35-2)27(19-21)36-3/h4-13,19,22H,14-18H2,1-3H3. The number of fused-ring (bicyclic) bond motifs is 1. The molecule has 0 radical (unpaired) electrons. The van der Waals surface area contributed by atoms with Crippen LogP contribution < -0.4 is 14.2 Å². The SMILES string of the molecule is COc1ccc(Cc2nc3ccccc3n2C2CCN(C(=O)c3ccc(OC)c(OC)c3)CC2)cc1. The van der Waals surface area contributed by atoms with Crippen LogP contribution in [0.5, 0.6) is 17.2 Å². The first-order chi connectivity index (χ1) is 17.6. The number of amides is 1. The molecule has 36 heavy (non-hydrogen) atoms. The lowest BCUT2D eigenvalue weighted by molar-refractivity contribution is 0.0695. The van der Waals surface area contributed by atoms with E-state index in [1.807, 2.05) is 23.1 Å². The molecule has 0 aliphatic carbocycles. The van der Waals surface area contributed by atoms with Crippen LogP contribution >= 0.6 is 0 Å². The molecule has 2 heterocycles. The summed E-state index contributed by atoms with van der Waals surface area (Å²) in [7, 11) is 4.85. The number of carbonyl (C=O) groups is 1. The zero-order chi connectivity index (χ0) is 25.1. The molecule has 0 spiro atoms. The summed E-state index contributed by atoms with van der Waals surface area (Å²) in [6, 6.07) is 22.1. The number of aromatic nitrogens is 2. The molecule has 1 fully saturated rings. The number of methoxy groups -OCH3 is 3. The van der Waals surface area contributed by atoms with Gasteiger partial charge in [-0.15, -0.1) is 0 Å². The van der Waals surface area contributed by atoms with E-state index in [-0.39, 0.29) is 11.9 Å². The first kappa shape index (κ1) is 23.7. The molecule has 7 nitrogen and oxygen atoms in total. The number of piperidine rings is 1. The fraction of sp³-hybridized carbons (Fsp3) is 0.310. The smallest absolute Gasteiger partial charge is 0.253 e. The number of benzene rings is 3. The van der Waals surface area contributed by atoms with Crippen LogP contribution in [0.2, 0.25) is 0 Å². The van der Waals surface area contributed by atoms with Crippen LogP contribution in [0.4, 0.5) is 0 Å². The highest BCUT2D eigenvalue weighted by Crippen LogP contribution is 2.32. The Kier molecular flexibility index (Phi) is 6.80. The Morgan fingerprint density at radius 1 is 0.889 bits per heavy atom. The zero-order valence-corrected chi connectivity index (χ0v) is 20.9. The van der Waals surface area contributed by atoms with Crippen LogP contribution in [0.15, 0.2) is 66.7 Å². The van der Waals surface area contributed by atoms with Gasteiger partial charge >= 0.3 is 0 Å². The van der Waals surface area contributed by atoms with E-state index in [1.165, 1.54) is 5.56 Å². The Morgan fingerprint density at radius 3 is 2.31 bits per heavy atom. The third kappa shape index (κ3) is 4.61. The third-order valence-corrected chi connectivity index (χ3v) is 6.94. The molecule has 1 aliphatic heterocycles. The van der Waals surface area contributed by atoms with Crippen molar-refractivity contribution in [2.75, 3.05) is 34.4 Å². The van der Waals surface area contributed by atoms with Gasteiger partial charge in [0.2, 0.25) is 0 Å². The number of rotatable bonds is 7. The quantitative estimate of drug-likeness (QED) is 0.363. The molecule has 0 atom stereocenters. The fourth-order valence-corrected chi connectivity index (χ4v) is 5.03. The van der Waals surface area contributed by atoms with Gasteiger partial charge in [0.15, 0.2) is 11.5 Å². The summed E-state index contributed by atoms with van der Waals surface area (Å²) in [5.41, 5.74) is 3.95. The van der Waals surface area contributed by atoms with Crippen molar-refractivity contribution in [2.45, 2.75) is 25.3 Å². The van der Waals surface area contributed by atoms with Crippen LogP contribution in [0.3, 0.4) is 0 Å². The second-order valence-electron chi connectivity index (χ2n) is 9.00. The summed E-state index contributed by atoms with van der Waals surface area (Å²) >= 11 is 0. The maximum atomic E-state index is 13.2. The average molecular weight is 486 g/mol. The highest BCUT2D eigenvalue weighted by Gasteiger charge is 2.27. The van der Waals surface area contributed by atoms with Crippen LogP contribution in [0.1, 0.15) is 40.6 Å². The summed E-state index contributed by atoms with van der Waals surface area (Å²) in [4.78, 5) is 20.2. The fourth-order valence-electron chi connectivity index (χ4n) is 5.03. The summed E-state index contributed by atoms with van der Waals surface area (Å²) in [6.07, 6.45) is 2.48. The van der Waals surface area contributed by atoms with Crippen molar-refractivity contribution in [1.29, 1.82) is 0 Å². The molecule has 3 aromatic carbocycles. The second-order valence-corrected chi connectivity index (χ2v) is 9.00. The molecule has 186 valence electrons. The predicted molar refractivity (Wildman–Crippen MR) is 139 cm³/mol. The molecular weight excluding hydrogens is 454 g/mol. The number of hydrogen-bond donors (Lipinski definition) is 0. The van der Waals surface area contributed by atoms with E-state index in [4.69, 9.17) is 19.2 Å². The van der Waals surface area contributed by atoms with E-state index >= 15 is 0 Å². The summed E-state index contributed by atoms with van der Waals surface area (Å²) in [5.74, 6) is 3.09. The highest BCUT2D eigenvalue weighted by molar-refractivity contribution is 5.95. The van der Waals surface area contributed by atoms with E-state index in [0.29, 0.717) is 30.2 Å². The Bertz CT molecular complexity index is 1350. The van der Waals surface area contributed by atoms with Crippen LogP contribution in [0.25, 0.3) is 11.0 Å². The van der Waals surface area contributed by atoms with Gasteiger partial charge in [-0.25, -0.2) is 4.98 Å². The largest absolute Gasteiger partial charge is 0.497 e. The predicted octanol–water partition coefficient (Wildman–Crippen LogP) is 5.13. The molecule has 1 saturated heterocycles. The van der Waals surface area contributed by atoms with E-state index < -0.39 is 0 Å². The lowest BCUT2D eigenvalue weighted by atomic mass is 10.0. The number of imidazole rings is 1. The van der Waals surface area contributed by atoms with E-state index in [2.05, 4.69) is 34.9 Å². The van der Waals surface area contributed by atoms with Gasteiger partial charge < -0.3 is 23.7 Å². The molecule has 1 amide bonds. The van der Waals surface area contributed by atoms with Crippen molar-refractivity contribution in [3.63, 3.8) is 0 Å². The lowest BCUT2D eigenvalue weighted by Crippen LogP contribution is -2.39. The Morgan fingerprint density at radius 2 is 1.61 bits per heavy atom. The first-order valence-corrected chi connectivity index (χ1v) is 12.2. The zero-order valence-electron chi connectivity index (χ0n) is 20.9. The Labute approximate surface area is 211 Å². The van der Waals surface area contributed by atoms with E-state index in [1.54, 1.807) is 39.5 Å². The van der Waals surface area contributed by atoms with Gasteiger partial charge in [-0.05, 0) is 60.9 Å². The van der Waals surface area contributed by atoms with Crippen LogP contribution in [-0.4, -0.2) is 54.8 Å². The molecule has 0 N–H and O–H groups in total. The van der Waals surface area contributed by atoms with Gasteiger partial charge in [0, 0.05) is 31.1 Å². The first-order valence-electron chi connectivity index (χ1n) is 12.2. The van der Waals surface area contributed by atoms with Gasteiger partial charge in [-0.3, -0.25) is 4.79 Å². The summed E-state index contributed by atoms with van der Waals surface area (Å²) in [5, 5.41) is 0. The van der Waals surface area contributed by atoms with Gasteiger partial charge in [0.05, 0.1) is 32.4 Å². The Balaban J connectivity index is 1.35. The topological polar surface area (TPSA) is 65.8 Å². The number of hydrogen-bond acceptors (Lipinski definition) is 5. The molecule has 1 aliphatic rings. The number of likely N-dealkylation sites (tertiary alicyclic amines) is 1. The molecule has 0 bridgehead atoms. The molecule has 4 aromatic rings. The molecular formula is C29H31N3O4. The van der Waals surface area contributed by atoms with E-state index in [9.17, 15) is 4.79 Å². The highest BCUT2D eigenvalue weighted by atomic mass is 16.5. The third-order valence-electron chi connectivity index (χ3n) is 6.94. The molecule has 1 aromatic heterocycles. The van der Waals surface area contributed by atoms with Crippen molar-refractivity contribution in [3.8, 4) is 17.2 Å². The molecule has 0 unspecified atom stereocenters. The van der Waals surface area contributed by atoms with Gasteiger partial charge in [0.25, 0.3) is 5.91 Å². The molecule has 7 heteroatoms.